The molecule has 0 saturated heterocycles. The maximum Gasteiger partial charge on any atom is 0.250 e. The van der Waals surface area contributed by atoms with Gasteiger partial charge in [0.2, 0.25) is 6.41 Å². The molecule has 68 valence electrons. The number of para-hydroxylation sites is 1. The maximum absolute atomic E-state index is 10.9. The zero-order chi connectivity index (χ0) is 9.84. The van der Waals surface area contributed by atoms with E-state index in [1.807, 2.05) is 0 Å². The molecule has 3 N–H and O–H groups in total. The lowest BCUT2D eigenvalue weighted by Gasteiger charge is -2.06. The summed E-state index contributed by atoms with van der Waals surface area (Å²) in [6.07, 6.45) is 0.493. The summed E-state index contributed by atoms with van der Waals surface area (Å²) in [5, 5.41) is 2.40. The number of hydrogen-bond acceptors (Lipinski definition) is 2. The summed E-state index contributed by atoms with van der Waals surface area (Å²) in [5.41, 5.74) is 5.77. The Balaban J connectivity index is 3.24. The molecule has 0 bridgehead atoms. The highest BCUT2D eigenvalue weighted by Crippen LogP contribution is 2.25. The standard InChI is InChI=1S/C8H7BrN2O2/c9-6-3-1-2-5(8(10)13)7(6)11-4-12/h1-4H,(H2,10,13)(H,11,12). The van der Waals surface area contributed by atoms with E-state index >= 15 is 0 Å². The van der Waals surface area contributed by atoms with Crippen LogP contribution >= 0.6 is 15.9 Å². The summed E-state index contributed by atoms with van der Waals surface area (Å²) >= 11 is 3.19. The van der Waals surface area contributed by atoms with Gasteiger partial charge in [-0.05, 0) is 28.1 Å². The number of hydrogen-bond donors (Lipinski definition) is 2. The molecule has 13 heavy (non-hydrogen) atoms. The predicted octanol–water partition coefficient (Wildman–Crippen LogP) is 1.12. The predicted molar refractivity (Wildman–Crippen MR) is 52.3 cm³/mol. The molecule has 0 aromatic heterocycles. The van der Waals surface area contributed by atoms with Crippen LogP contribution in [0.3, 0.4) is 0 Å². The van der Waals surface area contributed by atoms with Gasteiger partial charge in [-0.2, -0.15) is 0 Å². The SMILES string of the molecule is NC(=O)c1cccc(Br)c1NC=O. The first-order valence-corrected chi connectivity index (χ1v) is 4.24. The highest BCUT2D eigenvalue weighted by molar-refractivity contribution is 9.10. The molecule has 0 atom stereocenters. The van der Waals surface area contributed by atoms with Crippen molar-refractivity contribution < 1.29 is 9.59 Å². The van der Waals surface area contributed by atoms with Crippen molar-refractivity contribution in [2.24, 2.45) is 5.73 Å². The second kappa shape index (κ2) is 4.04. The second-order valence-electron chi connectivity index (χ2n) is 2.29. The minimum Gasteiger partial charge on any atom is -0.366 e. The number of primary amides is 1. The van der Waals surface area contributed by atoms with Crippen LogP contribution in [0.15, 0.2) is 22.7 Å². The Morgan fingerprint density at radius 1 is 1.54 bits per heavy atom. The molecule has 4 nitrogen and oxygen atoms in total. The number of rotatable bonds is 3. The van der Waals surface area contributed by atoms with E-state index in [1.54, 1.807) is 18.2 Å². The molecule has 1 aromatic carbocycles. The highest BCUT2D eigenvalue weighted by atomic mass is 79.9. The Morgan fingerprint density at radius 2 is 2.23 bits per heavy atom. The topological polar surface area (TPSA) is 72.2 Å². The van der Waals surface area contributed by atoms with Crippen LogP contribution in [0.25, 0.3) is 0 Å². The summed E-state index contributed by atoms with van der Waals surface area (Å²) in [7, 11) is 0. The van der Waals surface area contributed by atoms with Gasteiger partial charge in [0.1, 0.15) is 0 Å². The van der Waals surface area contributed by atoms with Crippen molar-refractivity contribution in [3.63, 3.8) is 0 Å². The molecule has 0 unspecified atom stereocenters. The molecule has 0 aliphatic heterocycles. The number of benzene rings is 1. The maximum atomic E-state index is 10.9. The van der Waals surface area contributed by atoms with Crippen LogP contribution in [0.4, 0.5) is 5.69 Å². The van der Waals surface area contributed by atoms with Gasteiger partial charge in [-0.3, -0.25) is 9.59 Å². The molecule has 1 rings (SSSR count). The van der Waals surface area contributed by atoms with Crippen LogP contribution in [0, 0.1) is 0 Å². The van der Waals surface area contributed by atoms with Gasteiger partial charge in [0, 0.05) is 4.47 Å². The minimum atomic E-state index is -0.578. The molecular formula is C8H7BrN2O2. The third-order valence-corrected chi connectivity index (χ3v) is 2.14. The van der Waals surface area contributed by atoms with E-state index in [-0.39, 0.29) is 5.56 Å². The van der Waals surface area contributed by atoms with E-state index in [1.165, 1.54) is 0 Å². The molecule has 1 aromatic rings. The van der Waals surface area contributed by atoms with E-state index in [2.05, 4.69) is 21.2 Å². The summed E-state index contributed by atoms with van der Waals surface area (Å²) in [4.78, 5) is 21.1. The lowest BCUT2D eigenvalue weighted by atomic mass is 10.1. The van der Waals surface area contributed by atoms with Crippen LogP contribution in [-0.2, 0) is 4.79 Å². The fourth-order valence-corrected chi connectivity index (χ4v) is 1.42. The van der Waals surface area contributed by atoms with Crippen LogP contribution in [-0.4, -0.2) is 12.3 Å². The first-order valence-electron chi connectivity index (χ1n) is 3.45. The zero-order valence-corrected chi connectivity index (χ0v) is 8.17. The number of halogens is 1. The fraction of sp³-hybridized carbons (Fsp3) is 0. The Labute approximate surface area is 83.2 Å². The van der Waals surface area contributed by atoms with Crippen LogP contribution in [0.2, 0.25) is 0 Å². The fourth-order valence-electron chi connectivity index (χ4n) is 0.935. The molecular weight excluding hydrogens is 236 g/mol. The monoisotopic (exact) mass is 242 g/mol. The Hall–Kier alpha value is -1.36. The molecule has 0 saturated carbocycles. The molecule has 0 radical (unpaired) electrons. The number of nitrogens with one attached hydrogen (secondary N) is 1. The molecule has 0 aliphatic carbocycles. The lowest BCUT2D eigenvalue weighted by Crippen LogP contribution is -2.14. The Morgan fingerprint density at radius 3 is 2.77 bits per heavy atom. The Kier molecular flexibility index (Phi) is 3.02. The van der Waals surface area contributed by atoms with Crippen molar-refractivity contribution in [1.82, 2.24) is 0 Å². The van der Waals surface area contributed by atoms with Gasteiger partial charge >= 0.3 is 0 Å². The van der Waals surface area contributed by atoms with Crippen LogP contribution < -0.4 is 11.1 Å². The van der Waals surface area contributed by atoms with Crippen molar-refractivity contribution in [3.05, 3.63) is 28.2 Å². The van der Waals surface area contributed by atoms with Gasteiger partial charge < -0.3 is 11.1 Å². The van der Waals surface area contributed by atoms with Gasteiger partial charge in [0.25, 0.3) is 5.91 Å². The van der Waals surface area contributed by atoms with Gasteiger partial charge in [-0.15, -0.1) is 0 Å². The molecule has 0 heterocycles. The molecule has 0 aliphatic rings. The van der Waals surface area contributed by atoms with Gasteiger partial charge in [0.15, 0.2) is 0 Å². The average molecular weight is 243 g/mol. The van der Waals surface area contributed by atoms with Gasteiger partial charge in [-0.1, -0.05) is 6.07 Å². The van der Waals surface area contributed by atoms with Crippen molar-refractivity contribution in [2.75, 3.05) is 5.32 Å². The van der Waals surface area contributed by atoms with E-state index in [0.717, 1.165) is 0 Å². The van der Waals surface area contributed by atoms with Crippen LogP contribution in [0.1, 0.15) is 10.4 Å². The Bertz CT molecular complexity index is 352. The van der Waals surface area contributed by atoms with E-state index in [4.69, 9.17) is 5.73 Å². The average Bonchev–Trinajstić information content (AvgIpc) is 2.08. The van der Waals surface area contributed by atoms with E-state index in [0.29, 0.717) is 16.6 Å². The summed E-state index contributed by atoms with van der Waals surface area (Å²) in [6, 6.07) is 4.91. The number of amides is 2. The smallest absolute Gasteiger partial charge is 0.250 e. The molecule has 2 amide bonds. The molecule has 5 heteroatoms. The van der Waals surface area contributed by atoms with E-state index in [9.17, 15) is 9.59 Å². The minimum absolute atomic E-state index is 0.279. The zero-order valence-electron chi connectivity index (χ0n) is 6.58. The lowest BCUT2D eigenvalue weighted by molar-refractivity contribution is -0.105. The summed E-state index contributed by atoms with van der Waals surface area (Å²) < 4.78 is 0.621. The quantitative estimate of drug-likeness (QED) is 0.780. The number of nitrogens with two attached hydrogens (primary N) is 1. The van der Waals surface area contributed by atoms with Crippen molar-refractivity contribution >= 4 is 33.9 Å². The first kappa shape index (κ1) is 9.73. The number of carbonyl (C=O) groups excluding carboxylic acids is 2. The second-order valence-corrected chi connectivity index (χ2v) is 3.14. The van der Waals surface area contributed by atoms with E-state index < -0.39 is 5.91 Å². The third-order valence-electron chi connectivity index (χ3n) is 1.48. The molecule has 0 spiro atoms. The van der Waals surface area contributed by atoms with Gasteiger partial charge in [0.05, 0.1) is 11.3 Å². The highest BCUT2D eigenvalue weighted by Gasteiger charge is 2.09. The normalized spacial score (nSPS) is 9.31. The molecule has 0 fully saturated rings. The van der Waals surface area contributed by atoms with Crippen molar-refractivity contribution in [3.8, 4) is 0 Å². The van der Waals surface area contributed by atoms with Gasteiger partial charge in [-0.25, -0.2) is 0 Å². The third kappa shape index (κ3) is 2.06. The summed E-state index contributed by atoms with van der Waals surface area (Å²) in [6.45, 7) is 0. The first-order chi connectivity index (χ1) is 6.16. The number of anilines is 1. The largest absolute Gasteiger partial charge is 0.366 e. The van der Waals surface area contributed by atoms with Crippen molar-refractivity contribution in [2.45, 2.75) is 0 Å². The van der Waals surface area contributed by atoms with Crippen molar-refractivity contribution in [1.29, 1.82) is 0 Å². The number of carbonyl (C=O) groups is 2. The van der Waals surface area contributed by atoms with Crippen LogP contribution in [0.5, 0.6) is 0 Å². The summed E-state index contributed by atoms with van der Waals surface area (Å²) in [5.74, 6) is -0.578.